The molecule has 2 aromatic heterocycles. The van der Waals surface area contributed by atoms with Crippen molar-refractivity contribution in [2.75, 3.05) is 26.7 Å². The number of aromatic nitrogens is 3. The number of hydrogen-bond acceptors (Lipinski definition) is 6. The van der Waals surface area contributed by atoms with Gasteiger partial charge in [-0.2, -0.15) is 0 Å². The van der Waals surface area contributed by atoms with Gasteiger partial charge in [-0.25, -0.2) is 4.98 Å². The maximum atomic E-state index is 13.4. The molecular formula is C21H26N6O2. The van der Waals surface area contributed by atoms with Gasteiger partial charge in [0.2, 0.25) is 5.91 Å². The summed E-state index contributed by atoms with van der Waals surface area (Å²) >= 11 is 0. The molecule has 8 nitrogen and oxygen atoms in total. The molecule has 0 radical (unpaired) electrons. The van der Waals surface area contributed by atoms with Gasteiger partial charge in [0.15, 0.2) is 0 Å². The summed E-state index contributed by atoms with van der Waals surface area (Å²) < 4.78 is 0. The van der Waals surface area contributed by atoms with E-state index in [1.165, 1.54) is 12.4 Å². The highest BCUT2D eigenvalue weighted by molar-refractivity contribution is 5.93. The molecule has 0 unspecified atom stereocenters. The Morgan fingerprint density at radius 2 is 1.97 bits per heavy atom. The SMILES string of the molecule is CN1CC[C@]2(C(=O)NCc3ccncc3)CCCN(C(=O)c3cnccn3)[C@@H]2C1. The van der Waals surface area contributed by atoms with Gasteiger partial charge in [-0.05, 0) is 50.6 Å². The van der Waals surface area contributed by atoms with Crippen molar-refractivity contribution in [1.29, 1.82) is 0 Å². The highest BCUT2D eigenvalue weighted by atomic mass is 16.2. The molecule has 2 aliphatic rings. The Morgan fingerprint density at radius 1 is 1.14 bits per heavy atom. The van der Waals surface area contributed by atoms with Gasteiger partial charge in [0.25, 0.3) is 5.91 Å². The lowest BCUT2D eigenvalue weighted by atomic mass is 9.67. The quantitative estimate of drug-likeness (QED) is 0.836. The summed E-state index contributed by atoms with van der Waals surface area (Å²) in [5.41, 5.74) is 0.765. The van der Waals surface area contributed by atoms with Crippen LogP contribution < -0.4 is 5.32 Å². The maximum Gasteiger partial charge on any atom is 0.274 e. The summed E-state index contributed by atoms with van der Waals surface area (Å²) in [6.07, 6.45) is 10.3. The van der Waals surface area contributed by atoms with E-state index in [2.05, 4.69) is 25.2 Å². The lowest BCUT2D eigenvalue weighted by Gasteiger charge is -2.53. The third-order valence-corrected chi connectivity index (χ3v) is 6.16. The first-order chi connectivity index (χ1) is 14.1. The number of likely N-dealkylation sites (N-methyl/N-ethyl adjacent to an activating group) is 1. The first-order valence-electron chi connectivity index (χ1n) is 10.0. The number of amides is 2. The molecule has 8 heteroatoms. The molecule has 2 aromatic rings. The van der Waals surface area contributed by atoms with Gasteiger partial charge in [0.1, 0.15) is 5.69 Å². The normalized spacial score (nSPS) is 24.6. The van der Waals surface area contributed by atoms with E-state index < -0.39 is 5.41 Å². The van der Waals surface area contributed by atoms with Crippen molar-refractivity contribution < 1.29 is 9.59 Å². The molecule has 2 fully saturated rings. The van der Waals surface area contributed by atoms with Gasteiger partial charge in [-0.3, -0.25) is 19.6 Å². The molecule has 2 saturated heterocycles. The number of pyridine rings is 1. The summed E-state index contributed by atoms with van der Waals surface area (Å²) in [5.74, 6) is -0.117. The maximum absolute atomic E-state index is 13.4. The second-order valence-electron chi connectivity index (χ2n) is 7.92. The van der Waals surface area contributed by atoms with Gasteiger partial charge >= 0.3 is 0 Å². The van der Waals surface area contributed by atoms with Crippen molar-refractivity contribution >= 4 is 11.8 Å². The average Bonchev–Trinajstić information content (AvgIpc) is 2.78. The third kappa shape index (κ3) is 3.85. The molecule has 2 atom stereocenters. The van der Waals surface area contributed by atoms with Crippen LogP contribution in [0, 0.1) is 5.41 Å². The Bertz CT molecular complexity index is 862. The van der Waals surface area contributed by atoms with Gasteiger partial charge < -0.3 is 15.1 Å². The average molecular weight is 394 g/mol. The van der Waals surface area contributed by atoms with Crippen LogP contribution in [0.1, 0.15) is 35.3 Å². The number of nitrogens with one attached hydrogen (secondary N) is 1. The highest BCUT2D eigenvalue weighted by Gasteiger charge is 2.53. The number of piperidine rings is 2. The van der Waals surface area contributed by atoms with Crippen LogP contribution in [0.15, 0.2) is 43.1 Å². The molecule has 4 heterocycles. The fraction of sp³-hybridized carbons (Fsp3) is 0.476. The topological polar surface area (TPSA) is 91.3 Å². The van der Waals surface area contributed by atoms with Crippen molar-refractivity contribution in [3.63, 3.8) is 0 Å². The monoisotopic (exact) mass is 394 g/mol. The fourth-order valence-corrected chi connectivity index (χ4v) is 4.56. The summed E-state index contributed by atoms with van der Waals surface area (Å²) in [5, 5.41) is 3.12. The Kier molecular flexibility index (Phi) is 5.53. The Hall–Kier alpha value is -2.87. The summed E-state index contributed by atoms with van der Waals surface area (Å²) in [4.78, 5) is 42.9. The van der Waals surface area contributed by atoms with Crippen LogP contribution in [-0.4, -0.2) is 69.3 Å². The van der Waals surface area contributed by atoms with E-state index in [1.807, 2.05) is 24.1 Å². The van der Waals surface area contributed by atoms with E-state index in [0.717, 1.165) is 31.4 Å². The Morgan fingerprint density at radius 3 is 2.72 bits per heavy atom. The molecule has 2 aliphatic heterocycles. The molecule has 1 N–H and O–H groups in total. The number of nitrogens with zero attached hydrogens (tertiary/aromatic N) is 5. The van der Waals surface area contributed by atoms with E-state index >= 15 is 0 Å². The van der Waals surface area contributed by atoms with Gasteiger partial charge in [0.05, 0.1) is 17.7 Å². The van der Waals surface area contributed by atoms with Crippen molar-refractivity contribution in [2.24, 2.45) is 5.41 Å². The van der Waals surface area contributed by atoms with Crippen molar-refractivity contribution in [3.05, 3.63) is 54.4 Å². The predicted molar refractivity (Wildman–Crippen MR) is 107 cm³/mol. The molecule has 0 spiro atoms. The first-order valence-corrected chi connectivity index (χ1v) is 10.0. The van der Waals surface area contributed by atoms with Gasteiger partial charge in [0, 0.05) is 44.4 Å². The lowest BCUT2D eigenvalue weighted by molar-refractivity contribution is -0.142. The second kappa shape index (κ2) is 8.24. The van der Waals surface area contributed by atoms with Crippen molar-refractivity contribution in [2.45, 2.75) is 31.8 Å². The molecule has 0 aliphatic carbocycles. The predicted octanol–water partition coefficient (Wildman–Crippen LogP) is 1.11. The fourth-order valence-electron chi connectivity index (χ4n) is 4.56. The van der Waals surface area contributed by atoms with E-state index in [4.69, 9.17) is 0 Å². The third-order valence-electron chi connectivity index (χ3n) is 6.16. The van der Waals surface area contributed by atoms with Crippen LogP contribution in [0.2, 0.25) is 0 Å². The summed E-state index contributed by atoms with van der Waals surface area (Å²) in [7, 11) is 2.04. The number of fused-ring (bicyclic) bond motifs is 1. The molecule has 0 saturated carbocycles. The van der Waals surface area contributed by atoms with E-state index in [1.54, 1.807) is 18.6 Å². The molecule has 2 amide bonds. The van der Waals surface area contributed by atoms with Gasteiger partial charge in [-0.1, -0.05) is 0 Å². The molecule has 152 valence electrons. The minimum atomic E-state index is -0.574. The van der Waals surface area contributed by atoms with Gasteiger partial charge in [-0.15, -0.1) is 0 Å². The van der Waals surface area contributed by atoms with Crippen LogP contribution in [-0.2, 0) is 11.3 Å². The zero-order valence-electron chi connectivity index (χ0n) is 16.6. The van der Waals surface area contributed by atoms with Crippen LogP contribution >= 0.6 is 0 Å². The zero-order valence-corrected chi connectivity index (χ0v) is 16.6. The number of hydrogen-bond donors (Lipinski definition) is 1. The first kappa shape index (κ1) is 19.4. The van der Waals surface area contributed by atoms with Crippen LogP contribution in [0.25, 0.3) is 0 Å². The largest absolute Gasteiger partial charge is 0.351 e. The second-order valence-corrected chi connectivity index (χ2v) is 7.92. The Labute approximate surface area is 170 Å². The summed E-state index contributed by atoms with van der Waals surface area (Å²) in [6, 6.07) is 3.62. The minimum absolute atomic E-state index is 0.0315. The molecule has 0 aromatic carbocycles. The highest BCUT2D eigenvalue weighted by Crippen LogP contribution is 2.43. The number of carbonyl (C=O) groups is 2. The number of rotatable bonds is 4. The number of carbonyl (C=O) groups excluding carboxylic acids is 2. The van der Waals surface area contributed by atoms with Crippen LogP contribution in [0.3, 0.4) is 0 Å². The van der Waals surface area contributed by atoms with Crippen molar-refractivity contribution in [1.82, 2.24) is 30.1 Å². The van der Waals surface area contributed by atoms with Crippen LogP contribution in [0.4, 0.5) is 0 Å². The number of likely N-dealkylation sites (tertiary alicyclic amines) is 2. The summed E-state index contributed by atoms with van der Waals surface area (Å²) in [6.45, 7) is 2.61. The minimum Gasteiger partial charge on any atom is -0.351 e. The van der Waals surface area contributed by atoms with E-state index in [-0.39, 0.29) is 17.9 Å². The molecule has 4 rings (SSSR count). The van der Waals surface area contributed by atoms with E-state index in [0.29, 0.717) is 25.3 Å². The smallest absolute Gasteiger partial charge is 0.274 e. The molecule has 29 heavy (non-hydrogen) atoms. The van der Waals surface area contributed by atoms with Crippen molar-refractivity contribution in [3.8, 4) is 0 Å². The standard InChI is InChI=1S/C21H26N6O2/c1-26-12-6-21(20(29)25-13-16-3-7-22-8-4-16)5-2-11-27(18(21)15-26)19(28)17-14-23-9-10-24-17/h3-4,7-10,14,18H,2,5-6,11-13,15H2,1H3,(H,25,29)/t18-,21-/m1/s1. The Balaban J connectivity index is 1.58. The zero-order chi connectivity index (χ0) is 20.3. The van der Waals surface area contributed by atoms with E-state index in [9.17, 15) is 9.59 Å². The lowest BCUT2D eigenvalue weighted by Crippen LogP contribution is -2.66. The molecule has 0 bridgehead atoms. The van der Waals surface area contributed by atoms with Crippen LogP contribution in [0.5, 0.6) is 0 Å². The molecular weight excluding hydrogens is 368 g/mol.